The fraction of sp³-hybridized carbons (Fsp3) is 0.905. The molecule has 7 aliphatic heterocycles. The van der Waals surface area contributed by atoms with Crippen LogP contribution in [0, 0.1) is 0 Å². The van der Waals surface area contributed by atoms with E-state index in [1.807, 2.05) is 6.08 Å². The Balaban J connectivity index is 0.989. The highest BCUT2D eigenvalue weighted by atomic mass is 16.8. The Bertz CT molecular complexity index is 3500. The third-order valence-electron chi connectivity index (χ3n) is 26.9. The summed E-state index contributed by atoms with van der Waals surface area (Å²) in [7, 11) is 0. The molecule has 45 heteroatoms. The van der Waals surface area contributed by atoms with Crippen molar-refractivity contribution < 1.29 is 203 Å². The van der Waals surface area contributed by atoms with Gasteiger partial charge in [0.1, 0.15) is 165 Å². The Hall–Kier alpha value is -4.57. The van der Waals surface area contributed by atoms with Gasteiger partial charge in [0.05, 0.1) is 77.1 Å². The van der Waals surface area contributed by atoms with Crippen molar-refractivity contribution in [1.29, 1.82) is 0 Å². The Morgan fingerprint density at radius 2 is 0.714 bits per heavy atom. The highest BCUT2D eigenvalue weighted by Crippen LogP contribution is 2.42. The number of aliphatic carboxylic acids is 1. The number of aliphatic hydroxyl groups excluding tert-OH is 21. The van der Waals surface area contributed by atoms with E-state index >= 15 is 0 Å². The van der Waals surface area contributed by atoms with Crippen LogP contribution in [0.25, 0.3) is 0 Å². The van der Waals surface area contributed by atoms with Gasteiger partial charge in [-0.25, -0.2) is 4.79 Å². The summed E-state index contributed by atoms with van der Waals surface area (Å²) in [6.45, 7) is -1.04. The maximum atomic E-state index is 13.7. The Morgan fingerprint density at radius 1 is 0.371 bits per heavy atom. The molecule has 0 radical (unpaired) electrons. The summed E-state index contributed by atoms with van der Waals surface area (Å²) in [6.07, 6.45) is -23.7. The minimum atomic E-state index is -3.28. The third kappa shape index (κ3) is 37.0. The fourth-order valence-corrected chi connectivity index (χ4v) is 18.8. The lowest BCUT2D eigenvalue weighted by atomic mass is 9.88. The standard InChI is InChI=1S/C95H168N4O41/c1-6-8-10-12-14-16-18-20-21-22-23-24-25-26-27-28-29-31-33-35-37-39-41-43-66(113)99-56(57(110)42-40-38-36-34-32-30-19-17-15-13-11-9-7-2)52-127-90-77(121)76(120)82(65(51-106)133-90)135-92-78(122)85(72(116)61(47-102)130-92)137-88-68(97-54(4)108)75(119)81(64(50-105)132-88)134-91-79(123)86(73(117)62(48-103)129-91)138-89-69(98-55(5)109)83(71(115)60(46-101)128-89)136-93-80(124)87(74(118)63(49-104)131-93)140-95(94(125)126)44-58(111)67(96-53(3)107)84(139-95)70(114)59(112)45-100/h20-21,40,42,56-65,67-93,100-106,110-112,114-124H,6-19,22-39,41,43-52H2,1-5H3,(H,96,107)(H,97,108)(H,98,109)(H,99,113)(H,125,126)/b21-20-,42-40+/t56-,57+,58?,59+,60?,61?,62?,63?,64?,65?,67+,68?,69?,70+,71+,72-,73-,74-,75+,76+,77?,78?,79?,80?,81+,82+,83+,84?,85-,86-,87-,88-,89-,90+,91-,92-,93-,95-/m0/s1. The predicted octanol–water partition coefficient (Wildman–Crippen LogP) is -2.35. The topological polar surface area (TPSA) is 708 Å². The molecule has 0 bridgehead atoms. The zero-order valence-corrected chi connectivity index (χ0v) is 81.7. The predicted molar refractivity (Wildman–Crippen MR) is 492 cm³/mol. The van der Waals surface area contributed by atoms with Crippen LogP contribution in [0.15, 0.2) is 24.3 Å². The molecule has 7 rings (SSSR count). The van der Waals surface area contributed by atoms with E-state index in [-0.39, 0.29) is 12.3 Å². The molecular weight excluding hydrogens is 1850 g/mol. The van der Waals surface area contributed by atoms with Gasteiger partial charge in [0.2, 0.25) is 23.6 Å². The van der Waals surface area contributed by atoms with Gasteiger partial charge in [0.15, 0.2) is 37.7 Å². The number of hydrogen-bond acceptors (Lipinski definition) is 40. The van der Waals surface area contributed by atoms with Crippen LogP contribution in [-0.4, -0.2) is 427 Å². The molecule has 0 aliphatic carbocycles. The van der Waals surface area contributed by atoms with Gasteiger partial charge < -0.3 is 200 Å². The van der Waals surface area contributed by atoms with Gasteiger partial charge in [0, 0.05) is 33.6 Å². The first-order valence-electron chi connectivity index (χ1n) is 50.8. The molecule has 0 aromatic carbocycles. The molecule has 26 N–H and O–H groups in total. The zero-order chi connectivity index (χ0) is 103. The number of rotatable bonds is 66. The van der Waals surface area contributed by atoms with Crippen molar-refractivity contribution in [2.24, 2.45) is 0 Å². The van der Waals surface area contributed by atoms with Crippen LogP contribution in [-0.2, 0) is 90.3 Å². The minimum Gasteiger partial charge on any atom is -0.477 e. The number of ether oxygens (including phenoxy) is 14. The molecule has 4 amide bonds. The molecule has 7 fully saturated rings. The van der Waals surface area contributed by atoms with Crippen molar-refractivity contribution in [3.63, 3.8) is 0 Å². The summed E-state index contributed by atoms with van der Waals surface area (Å²) >= 11 is 0. The van der Waals surface area contributed by atoms with Gasteiger partial charge >= 0.3 is 5.97 Å². The van der Waals surface area contributed by atoms with Gasteiger partial charge in [-0.05, 0) is 44.9 Å². The summed E-state index contributed by atoms with van der Waals surface area (Å²) in [6, 6.07) is -6.75. The van der Waals surface area contributed by atoms with E-state index in [1.165, 1.54) is 135 Å². The van der Waals surface area contributed by atoms with E-state index in [0.717, 1.165) is 85.0 Å². The molecule has 14 unspecified atom stereocenters. The smallest absolute Gasteiger partial charge is 0.364 e. The van der Waals surface area contributed by atoms with E-state index in [2.05, 4.69) is 47.3 Å². The highest BCUT2D eigenvalue weighted by Gasteiger charge is 2.63. The summed E-state index contributed by atoms with van der Waals surface area (Å²) in [5.74, 6) is -8.54. The van der Waals surface area contributed by atoms with E-state index < -0.39 is 315 Å². The number of unbranched alkanes of at least 4 members (excludes halogenated alkanes) is 30. The molecule has 38 atom stereocenters. The van der Waals surface area contributed by atoms with E-state index in [4.69, 9.17) is 66.3 Å². The molecule has 7 saturated heterocycles. The maximum absolute atomic E-state index is 13.7. The molecule has 7 heterocycles. The van der Waals surface area contributed by atoms with Crippen molar-refractivity contribution in [3.8, 4) is 0 Å². The number of carbonyl (C=O) groups excluding carboxylic acids is 4. The largest absolute Gasteiger partial charge is 0.477 e. The average Bonchev–Trinajstić information content (AvgIpc) is 0.981. The molecular formula is C95H168N4O41. The van der Waals surface area contributed by atoms with Crippen LogP contribution in [0.3, 0.4) is 0 Å². The molecule has 7 aliphatic rings. The number of carboxylic acids is 1. The van der Waals surface area contributed by atoms with Crippen LogP contribution in [0.1, 0.15) is 259 Å². The molecule has 140 heavy (non-hydrogen) atoms. The first kappa shape index (κ1) is 122. The second-order valence-electron chi connectivity index (χ2n) is 38.1. The SMILES string of the molecule is CCCCCCCC/C=C\CCCCCCCCCCCCCCCC(=O)N[C@@H](CO[C@@H]1OC(CO)[C@@H](O[C@@H]2OC(CO)[C@H](O)[C@H](O[C@@H]3OC(CO)[C@@H](O[C@@H]4OC(CO)[C@H](O)[C@H](O[C@@H]5OC(CO)[C@@H](O)[C@H](O[C@@H]6OC(CO)[C@H](O)[C@H](O[C@]7(C(=O)O)CC(O)[C@@H](NC(C)=O)C([C@H](O)[C@H](O)CO)O7)C6O)C5NC(C)=O)C4O)[C@H](O)C3NC(C)=O)C2O)[C@H](O)C1O)[C@H](O)/C=C/CCCCCCCCCCCCC. The van der Waals surface area contributed by atoms with Crippen molar-refractivity contribution in [1.82, 2.24) is 21.3 Å². The molecule has 0 aromatic rings. The van der Waals surface area contributed by atoms with Gasteiger partial charge in [0.25, 0.3) is 5.79 Å². The Labute approximate surface area is 819 Å². The lowest BCUT2D eigenvalue weighted by Gasteiger charge is -2.51. The minimum absolute atomic E-state index is 0.148. The fourth-order valence-electron chi connectivity index (χ4n) is 18.8. The summed E-state index contributed by atoms with van der Waals surface area (Å²) in [4.78, 5) is 65.5. The van der Waals surface area contributed by atoms with Gasteiger partial charge in [-0.1, -0.05) is 205 Å². The van der Waals surface area contributed by atoms with Gasteiger partial charge in [-0.2, -0.15) is 0 Å². The molecule has 0 saturated carbocycles. The lowest BCUT2D eigenvalue weighted by Crippen LogP contribution is -2.72. The first-order chi connectivity index (χ1) is 67.1. The molecule has 0 spiro atoms. The summed E-state index contributed by atoms with van der Waals surface area (Å²) in [5, 5.41) is 259. The Morgan fingerprint density at radius 3 is 1.14 bits per heavy atom. The van der Waals surface area contributed by atoms with Gasteiger partial charge in [-0.15, -0.1) is 0 Å². The van der Waals surface area contributed by atoms with Crippen LogP contribution in [0.4, 0.5) is 0 Å². The molecule has 0 aromatic heterocycles. The maximum Gasteiger partial charge on any atom is 0.364 e. The average molecular weight is 2020 g/mol. The number of nitrogens with one attached hydrogen (secondary N) is 4. The zero-order valence-electron chi connectivity index (χ0n) is 81.7. The van der Waals surface area contributed by atoms with Crippen molar-refractivity contribution >= 4 is 29.6 Å². The van der Waals surface area contributed by atoms with Crippen LogP contribution in [0.5, 0.6) is 0 Å². The Kier molecular flexibility index (Phi) is 56.5. The molecule has 814 valence electrons. The number of amides is 4. The van der Waals surface area contributed by atoms with Crippen molar-refractivity contribution in [3.05, 3.63) is 24.3 Å². The van der Waals surface area contributed by atoms with E-state index in [0.29, 0.717) is 12.8 Å². The number of aliphatic hydroxyl groups is 21. The summed E-state index contributed by atoms with van der Waals surface area (Å²) < 4.78 is 83.3. The molecule has 45 nitrogen and oxygen atoms in total. The van der Waals surface area contributed by atoms with Crippen molar-refractivity contribution in [2.75, 3.05) is 52.9 Å². The lowest BCUT2D eigenvalue weighted by molar-refractivity contribution is -0.391. The monoisotopic (exact) mass is 2020 g/mol. The quantitative estimate of drug-likeness (QED) is 0.0224. The third-order valence-corrected chi connectivity index (χ3v) is 26.9. The number of carboxylic acid groups (broad SMARTS) is 1. The number of carbonyl (C=O) groups is 5. The number of allylic oxidation sites excluding steroid dienone is 3. The summed E-state index contributed by atoms with van der Waals surface area (Å²) in [5.41, 5.74) is 0. The van der Waals surface area contributed by atoms with Crippen LogP contribution < -0.4 is 21.3 Å². The van der Waals surface area contributed by atoms with E-state index in [1.54, 1.807) is 6.08 Å². The number of hydrogen-bond donors (Lipinski definition) is 26. The first-order valence-corrected chi connectivity index (χ1v) is 50.8. The van der Waals surface area contributed by atoms with Crippen LogP contribution >= 0.6 is 0 Å². The normalized spacial score (nSPS) is 35.9. The van der Waals surface area contributed by atoms with Crippen LogP contribution in [0.2, 0.25) is 0 Å². The second-order valence-corrected chi connectivity index (χ2v) is 38.1. The highest BCUT2D eigenvalue weighted by molar-refractivity contribution is 5.77. The van der Waals surface area contributed by atoms with Gasteiger partial charge in [-0.3, -0.25) is 19.2 Å². The van der Waals surface area contributed by atoms with Crippen molar-refractivity contribution in [2.45, 2.75) is 492 Å². The second kappa shape index (κ2) is 64.6. The van der Waals surface area contributed by atoms with E-state index in [9.17, 15) is 136 Å².